The molecule has 4 nitrogen and oxygen atoms in total. The van der Waals surface area contributed by atoms with Gasteiger partial charge in [0.15, 0.2) is 0 Å². The number of rotatable bonds is 3. The molecule has 0 amide bonds. The van der Waals surface area contributed by atoms with Crippen LogP contribution in [0.3, 0.4) is 0 Å². The van der Waals surface area contributed by atoms with Crippen molar-refractivity contribution < 1.29 is 5.11 Å². The maximum absolute atomic E-state index is 12.8. The molecule has 1 aromatic heterocycles. The van der Waals surface area contributed by atoms with Gasteiger partial charge in [0.1, 0.15) is 5.75 Å². The summed E-state index contributed by atoms with van der Waals surface area (Å²) in [6, 6.07) is 16.2. The van der Waals surface area contributed by atoms with Gasteiger partial charge in [-0.2, -0.15) is 0 Å². The maximum Gasteiger partial charge on any atom is 0.256 e. The van der Waals surface area contributed by atoms with Gasteiger partial charge in [-0.1, -0.05) is 42.5 Å². The first kappa shape index (κ1) is 21.9. The van der Waals surface area contributed by atoms with Crippen LogP contribution in [0.1, 0.15) is 29.7 Å². The molecule has 30 heavy (non-hydrogen) atoms. The first-order valence-corrected chi connectivity index (χ1v) is 9.84. The van der Waals surface area contributed by atoms with E-state index in [0.717, 1.165) is 38.5 Å². The van der Waals surface area contributed by atoms with Crippen LogP contribution in [0.15, 0.2) is 53.3 Å². The summed E-state index contributed by atoms with van der Waals surface area (Å²) in [7, 11) is 4.12. The molecular weight excluding hydrogens is 396 g/mol. The summed E-state index contributed by atoms with van der Waals surface area (Å²) in [5, 5.41) is 13.3. The van der Waals surface area contributed by atoms with Crippen LogP contribution >= 0.6 is 12.4 Å². The summed E-state index contributed by atoms with van der Waals surface area (Å²) >= 11 is 0. The predicted octanol–water partition coefficient (Wildman–Crippen LogP) is 5.72. The van der Waals surface area contributed by atoms with Gasteiger partial charge in [0.2, 0.25) is 0 Å². The average molecular weight is 423 g/mol. The molecule has 0 aliphatic heterocycles. The Balaban J connectivity index is 0.00000256. The minimum Gasteiger partial charge on any atom is -0.507 e. The van der Waals surface area contributed by atoms with Gasteiger partial charge in [-0.3, -0.25) is 4.79 Å². The molecule has 0 spiro atoms. The van der Waals surface area contributed by atoms with Crippen LogP contribution in [0.2, 0.25) is 0 Å². The fraction of sp³-hybridized carbons (Fsp3) is 0.240. The fourth-order valence-electron chi connectivity index (χ4n) is 4.10. The van der Waals surface area contributed by atoms with Crippen LogP contribution in [0, 0.1) is 13.8 Å². The lowest BCUT2D eigenvalue weighted by molar-refractivity contribution is 0.321. The van der Waals surface area contributed by atoms with Gasteiger partial charge in [-0.25, -0.2) is 0 Å². The molecule has 2 N–H and O–H groups in total. The van der Waals surface area contributed by atoms with Crippen LogP contribution in [0.5, 0.6) is 5.75 Å². The highest BCUT2D eigenvalue weighted by atomic mass is 35.5. The summed E-state index contributed by atoms with van der Waals surface area (Å²) in [6.07, 6.45) is 0. The van der Waals surface area contributed by atoms with Crippen LogP contribution in [-0.2, 0) is 0 Å². The molecule has 5 heteroatoms. The molecule has 3 aromatic carbocycles. The molecule has 0 aliphatic rings. The molecule has 4 rings (SSSR count). The van der Waals surface area contributed by atoms with Gasteiger partial charge in [-0.05, 0) is 68.6 Å². The SMILES string of the molecule is Cc1cc(O)c(-c2ccc([C@@H](C)N(C)C)cc2)c2c1[nH]c(=O)c1c(C)cccc12.Cl. The summed E-state index contributed by atoms with van der Waals surface area (Å²) in [4.78, 5) is 18.0. The van der Waals surface area contributed by atoms with Gasteiger partial charge in [0, 0.05) is 17.0 Å². The van der Waals surface area contributed by atoms with E-state index in [1.54, 1.807) is 6.07 Å². The van der Waals surface area contributed by atoms with E-state index in [9.17, 15) is 9.90 Å². The van der Waals surface area contributed by atoms with Crippen LogP contribution in [-0.4, -0.2) is 29.1 Å². The molecule has 0 unspecified atom stereocenters. The van der Waals surface area contributed by atoms with Crippen molar-refractivity contribution in [2.45, 2.75) is 26.8 Å². The molecule has 1 atom stereocenters. The zero-order valence-electron chi connectivity index (χ0n) is 17.9. The first-order chi connectivity index (χ1) is 13.8. The molecule has 0 radical (unpaired) electrons. The zero-order chi connectivity index (χ0) is 20.9. The van der Waals surface area contributed by atoms with E-state index in [2.05, 4.69) is 43.0 Å². The molecule has 4 aromatic rings. The van der Waals surface area contributed by atoms with Crippen molar-refractivity contribution in [2.24, 2.45) is 0 Å². The van der Waals surface area contributed by atoms with E-state index in [4.69, 9.17) is 0 Å². The van der Waals surface area contributed by atoms with Crippen molar-refractivity contribution in [1.29, 1.82) is 0 Å². The monoisotopic (exact) mass is 422 g/mol. The second kappa shape index (κ2) is 8.13. The zero-order valence-corrected chi connectivity index (χ0v) is 18.7. The third kappa shape index (κ3) is 3.47. The number of phenolic OH excluding ortho intramolecular Hbond substituents is 1. The minimum absolute atomic E-state index is 0. The van der Waals surface area contributed by atoms with E-state index >= 15 is 0 Å². The lowest BCUT2D eigenvalue weighted by atomic mass is 9.92. The Labute approximate surface area is 182 Å². The molecular formula is C25H27ClN2O2. The molecule has 0 aliphatic carbocycles. The van der Waals surface area contributed by atoms with Crippen LogP contribution in [0.4, 0.5) is 0 Å². The molecule has 0 bridgehead atoms. The Morgan fingerprint density at radius 2 is 1.63 bits per heavy atom. The van der Waals surface area contributed by atoms with E-state index < -0.39 is 0 Å². The van der Waals surface area contributed by atoms with Crippen molar-refractivity contribution in [3.63, 3.8) is 0 Å². The number of aromatic hydroxyl groups is 1. The Hall–Kier alpha value is -2.82. The highest BCUT2D eigenvalue weighted by molar-refractivity contribution is 6.15. The van der Waals surface area contributed by atoms with Gasteiger partial charge < -0.3 is 15.0 Å². The number of aromatic nitrogens is 1. The smallest absolute Gasteiger partial charge is 0.256 e. The first-order valence-electron chi connectivity index (χ1n) is 9.84. The number of phenols is 1. The maximum atomic E-state index is 12.8. The highest BCUT2D eigenvalue weighted by Crippen LogP contribution is 2.41. The van der Waals surface area contributed by atoms with E-state index in [1.807, 2.05) is 44.2 Å². The topological polar surface area (TPSA) is 56.3 Å². The molecule has 0 saturated carbocycles. The number of aryl methyl sites for hydroxylation is 2. The lowest BCUT2D eigenvalue weighted by Crippen LogP contribution is -2.16. The summed E-state index contributed by atoms with van der Waals surface area (Å²) in [5.74, 6) is 0.221. The third-order valence-electron chi connectivity index (χ3n) is 5.97. The molecule has 0 fully saturated rings. The number of hydrogen-bond acceptors (Lipinski definition) is 3. The second-order valence-corrected chi connectivity index (χ2v) is 8.05. The number of nitrogens with one attached hydrogen (secondary N) is 1. The number of fused-ring (bicyclic) bond motifs is 3. The Morgan fingerprint density at radius 1 is 0.967 bits per heavy atom. The lowest BCUT2D eigenvalue weighted by Gasteiger charge is -2.21. The number of halogens is 1. The standard InChI is InChI=1S/C25H26N2O2.ClH/c1-14-7-6-8-19-21(14)25(29)26-24-15(2)13-20(28)22(23(19)24)18-11-9-17(10-12-18)16(3)27(4)5;/h6-13,16,28H,1-5H3,(H,26,29);1H/t16-;/m1./s1. The Morgan fingerprint density at radius 3 is 2.27 bits per heavy atom. The van der Waals surface area contributed by atoms with Crippen molar-refractivity contribution in [2.75, 3.05) is 14.1 Å². The quantitative estimate of drug-likeness (QED) is 0.415. The van der Waals surface area contributed by atoms with Crippen molar-refractivity contribution in [3.05, 3.63) is 75.6 Å². The number of hydrogen-bond donors (Lipinski definition) is 2. The molecule has 0 saturated heterocycles. The Kier molecular flexibility index (Phi) is 5.93. The predicted molar refractivity (Wildman–Crippen MR) is 128 cm³/mol. The summed E-state index contributed by atoms with van der Waals surface area (Å²) in [5.41, 5.74) is 5.34. The normalized spacial score (nSPS) is 12.3. The third-order valence-corrected chi connectivity index (χ3v) is 5.97. The largest absolute Gasteiger partial charge is 0.507 e. The number of pyridine rings is 1. The van der Waals surface area contributed by atoms with Gasteiger partial charge in [0.25, 0.3) is 5.56 Å². The number of benzene rings is 3. The highest BCUT2D eigenvalue weighted by Gasteiger charge is 2.18. The number of H-pyrrole nitrogens is 1. The fourth-order valence-corrected chi connectivity index (χ4v) is 4.10. The summed E-state index contributed by atoms with van der Waals surface area (Å²) < 4.78 is 0. The van der Waals surface area contributed by atoms with Crippen molar-refractivity contribution >= 4 is 34.1 Å². The number of nitrogens with zero attached hydrogens (tertiary/aromatic N) is 1. The van der Waals surface area contributed by atoms with Crippen LogP contribution in [0.25, 0.3) is 32.8 Å². The van der Waals surface area contributed by atoms with Crippen molar-refractivity contribution in [1.82, 2.24) is 9.88 Å². The van der Waals surface area contributed by atoms with Gasteiger partial charge in [-0.15, -0.1) is 12.4 Å². The minimum atomic E-state index is -0.0968. The Bertz CT molecular complexity index is 1290. The van der Waals surface area contributed by atoms with E-state index in [1.165, 1.54) is 5.56 Å². The van der Waals surface area contributed by atoms with Gasteiger partial charge >= 0.3 is 0 Å². The average Bonchev–Trinajstić information content (AvgIpc) is 2.68. The van der Waals surface area contributed by atoms with E-state index in [0.29, 0.717) is 11.4 Å². The van der Waals surface area contributed by atoms with Crippen molar-refractivity contribution in [3.8, 4) is 16.9 Å². The molecule has 1 heterocycles. The van der Waals surface area contributed by atoms with Crippen LogP contribution < -0.4 is 5.56 Å². The molecule has 156 valence electrons. The second-order valence-electron chi connectivity index (χ2n) is 8.05. The summed E-state index contributed by atoms with van der Waals surface area (Å²) in [6.45, 7) is 6.01. The number of aromatic amines is 1. The van der Waals surface area contributed by atoms with E-state index in [-0.39, 0.29) is 23.7 Å². The van der Waals surface area contributed by atoms with Gasteiger partial charge in [0.05, 0.1) is 10.9 Å².